The highest BCUT2D eigenvalue weighted by Gasteiger charge is 2.21. The number of aromatic nitrogens is 3. The molecule has 3 N–H and O–H groups in total. The van der Waals surface area contributed by atoms with Crippen LogP contribution in [0.3, 0.4) is 0 Å². The van der Waals surface area contributed by atoms with Crippen LogP contribution in [0.2, 0.25) is 10.0 Å². The van der Waals surface area contributed by atoms with E-state index < -0.39 is 11.9 Å². The number of benzene rings is 1. The van der Waals surface area contributed by atoms with Crippen LogP contribution in [0.25, 0.3) is 11.3 Å². The number of anilines is 1. The molecule has 1 aromatic carbocycles. The maximum absolute atomic E-state index is 13.8. The van der Waals surface area contributed by atoms with Gasteiger partial charge in [0.25, 0.3) is 0 Å². The predicted octanol–water partition coefficient (Wildman–Crippen LogP) is 4.22. The van der Waals surface area contributed by atoms with Gasteiger partial charge in [0.2, 0.25) is 0 Å². The molecule has 2 aromatic heterocycles. The average Bonchev–Trinajstić information content (AvgIpc) is 3.11. The number of nitrogens with one attached hydrogen (secondary N) is 1. The van der Waals surface area contributed by atoms with Gasteiger partial charge in [-0.1, -0.05) is 23.2 Å². The fourth-order valence-electron chi connectivity index (χ4n) is 3.19. The van der Waals surface area contributed by atoms with Crippen molar-refractivity contribution >= 4 is 29.0 Å². The van der Waals surface area contributed by atoms with E-state index in [0.717, 1.165) is 36.6 Å². The van der Waals surface area contributed by atoms with Gasteiger partial charge in [-0.3, -0.25) is 4.68 Å². The van der Waals surface area contributed by atoms with Gasteiger partial charge >= 0.3 is 0 Å². The Morgan fingerprint density at radius 3 is 2.93 bits per heavy atom. The summed E-state index contributed by atoms with van der Waals surface area (Å²) in [5.41, 5.74) is 9.00. The summed E-state index contributed by atoms with van der Waals surface area (Å²) >= 11 is 12.3. The highest BCUT2D eigenvalue weighted by molar-refractivity contribution is 6.36. The van der Waals surface area contributed by atoms with Crippen molar-refractivity contribution in [1.82, 2.24) is 20.1 Å². The molecule has 0 saturated heterocycles. The van der Waals surface area contributed by atoms with Gasteiger partial charge in [-0.05, 0) is 31.2 Å². The molecule has 6 nitrogen and oxygen atoms in total. The molecule has 28 heavy (non-hydrogen) atoms. The summed E-state index contributed by atoms with van der Waals surface area (Å²) in [5.74, 6) is 0.00365. The number of nitrogen functional groups attached to an aromatic ring is 1. The Balaban J connectivity index is 1.65. The van der Waals surface area contributed by atoms with E-state index in [0.29, 0.717) is 16.3 Å². The third-order valence-electron chi connectivity index (χ3n) is 4.64. The zero-order valence-corrected chi connectivity index (χ0v) is 16.6. The zero-order valence-electron chi connectivity index (χ0n) is 15.0. The van der Waals surface area contributed by atoms with Crippen LogP contribution in [0.15, 0.2) is 30.5 Å². The van der Waals surface area contributed by atoms with Crippen LogP contribution in [-0.2, 0) is 13.1 Å². The van der Waals surface area contributed by atoms with Gasteiger partial charge in [0.1, 0.15) is 11.9 Å². The Bertz CT molecular complexity index is 1020. The molecule has 1 aliphatic heterocycles. The zero-order chi connectivity index (χ0) is 19.8. The summed E-state index contributed by atoms with van der Waals surface area (Å²) in [5, 5.41) is 8.17. The molecule has 1 aliphatic rings. The van der Waals surface area contributed by atoms with Crippen molar-refractivity contribution < 1.29 is 9.13 Å². The number of fused-ring (bicyclic) bond motifs is 1. The van der Waals surface area contributed by atoms with Gasteiger partial charge < -0.3 is 15.8 Å². The Hall–Kier alpha value is -2.35. The summed E-state index contributed by atoms with van der Waals surface area (Å²) in [7, 11) is 0. The molecule has 146 valence electrons. The quantitative estimate of drug-likeness (QED) is 0.616. The molecule has 0 bridgehead atoms. The second-order valence-electron chi connectivity index (χ2n) is 6.55. The lowest BCUT2D eigenvalue weighted by Crippen LogP contribution is -2.28. The van der Waals surface area contributed by atoms with Crippen molar-refractivity contribution in [3.63, 3.8) is 0 Å². The van der Waals surface area contributed by atoms with Gasteiger partial charge in [-0.15, -0.1) is 0 Å². The van der Waals surface area contributed by atoms with Crippen LogP contribution in [0, 0.1) is 5.82 Å². The molecule has 4 rings (SSSR count). The minimum atomic E-state index is -0.630. The Labute approximate surface area is 171 Å². The first-order valence-electron chi connectivity index (χ1n) is 8.77. The molecule has 1 atom stereocenters. The number of hydrogen-bond donors (Lipinski definition) is 2. The van der Waals surface area contributed by atoms with Gasteiger partial charge in [0.05, 0.1) is 23.0 Å². The summed E-state index contributed by atoms with van der Waals surface area (Å²) in [6, 6.07) is 6.43. The minimum absolute atomic E-state index is 0.0723. The molecule has 9 heteroatoms. The van der Waals surface area contributed by atoms with Crippen LogP contribution in [0.4, 0.5) is 10.2 Å². The molecule has 0 fully saturated rings. The number of nitrogens with two attached hydrogens (primary N) is 1. The van der Waals surface area contributed by atoms with Crippen LogP contribution in [0.1, 0.15) is 24.3 Å². The average molecular weight is 422 g/mol. The van der Waals surface area contributed by atoms with Crippen LogP contribution in [0.5, 0.6) is 5.75 Å². The first kappa shape index (κ1) is 19.0. The van der Waals surface area contributed by atoms with Gasteiger partial charge in [-0.25, -0.2) is 9.37 Å². The lowest BCUT2D eigenvalue weighted by Gasteiger charge is -2.19. The third-order valence-corrected chi connectivity index (χ3v) is 5.35. The largest absolute Gasteiger partial charge is 0.482 e. The van der Waals surface area contributed by atoms with Crippen molar-refractivity contribution in [3.8, 4) is 17.0 Å². The Kier molecular flexibility index (Phi) is 5.14. The van der Waals surface area contributed by atoms with E-state index >= 15 is 0 Å². The predicted molar refractivity (Wildman–Crippen MR) is 107 cm³/mol. The highest BCUT2D eigenvalue weighted by Crippen LogP contribution is 2.36. The van der Waals surface area contributed by atoms with Crippen molar-refractivity contribution in [2.45, 2.75) is 26.1 Å². The molecular formula is C19H18Cl2FN5O. The molecular weight excluding hydrogens is 404 g/mol. The third kappa shape index (κ3) is 3.53. The number of nitrogens with zero attached hydrogens (tertiary/aromatic N) is 3. The maximum Gasteiger partial charge on any atom is 0.166 e. The van der Waals surface area contributed by atoms with E-state index in [9.17, 15) is 4.39 Å². The van der Waals surface area contributed by atoms with E-state index in [-0.39, 0.29) is 10.8 Å². The van der Waals surface area contributed by atoms with Crippen molar-refractivity contribution in [1.29, 1.82) is 0 Å². The molecule has 0 aliphatic carbocycles. The highest BCUT2D eigenvalue weighted by atomic mass is 35.5. The summed E-state index contributed by atoms with van der Waals surface area (Å²) in [4.78, 5) is 4.22. The van der Waals surface area contributed by atoms with Gasteiger partial charge in [0, 0.05) is 35.4 Å². The summed E-state index contributed by atoms with van der Waals surface area (Å²) in [6.45, 7) is 4.19. The van der Waals surface area contributed by atoms with Gasteiger partial charge in [-0.2, -0.15) is 5.10 Å². The van der Waals surface area contributed by atoms with Crippen molar-refractivity contribution in [2.24, 2.45) is 0 Å². The molecule has 3 aromatic rings. The summed E-state index contributed by atoms with van der Waals surface area (Å²) < 4.78 is 21.7. The lowest BCUT2D eigenvalue weighted by atomic mass is 10.1. The van der Waals surface area contributed by atoms with E-state index in [1.165, 1.54) is 12.1 Å². The molecule has 0 unspecified atom stereocenters. The SMILES string of the molecule is C[C@@H](Oc1cc(-c2cc3n(n2)CCNC3)cnc1N)c1c(Cl)ccc(F)c1Cl. The van der Waals surface area contributed by atoms with E-state index in [1.54, 1.807) is 19.2 Å². The minimum Gasteiger partial charge on any atom is -0.482 e. The Morgan fingerprint density at radius 2 is 2.14 bits per heavy atom. The monoisotopic (exact) mass is 421 g/mol. The van der Waals surface area contributed by atoms with Crippen LogP contribution < -0.4 is 15.8 Å². The standard InChI is InChI=1S/C19H18Cl2FN5O/c1-10(17-13(20)2-3-14(22)18(17)21)28-16-6-11(8-25-19(16)23)15-7-12-9-24-4-5-27(12)26-15/h2-3,6-8,10,24H,4-5,9H2,1H3,(H2,23,25)/t10-/m1/s1. The Morgan fingerprint density at radius 1 is 1.32 bits per heavy atom. The van der Waals surface area contributed by atoms with E-state index in [1.807, 2.05) is 10.7 Å². The molecule has 3 heterocycles. The normalized spacial score (nSPS) is 14.6. The topological polar surface area (TPSA) is 78.0 Å². The maximum atomic E-state index is 13.8. The molecule has 0 radical (unpaired) electrons. The fourth-order valence-corrected chi connectivity index (χ4v) is 3.87. The smallest absolute Gasteiger partial charge is 0.166 e. The molecule has 0 amide bonds. The number of halogens is 3. The second-order valence-corrected chi connectivity index (χ2v) is 7.33. The summed E-state index contributed by atoms with van der Waals surface area (Å²) in [6.07, 6.45) is 1.02. The van der Waals surface area contributed by atoms with Crippen molar-refractivity contribution in [3.05, 3.63) is 57.6 Å². The molecule has 0 spiro atoms. The van der Waals surface area contributed by atoms with Gasteiger partial charge in [0.15, 0.2) is 11.6 Å². The number of rotatable bonds is 4. The fraction of sp³-hybridized carbons (Fsp3) is 0.263. The second kappa shape index (κ2) is 7.58. The molecule has 0 saturated carbocycles. The number of hydrogen-bond acceptors (Lipinski definition) is 5. The van der Waals surface area contributed by atoms with E-state index in [4.69, 9.17) is 33.7 Å². The van der Waals surface area contributed by atoms with Crippen LogP contribution >= 0.6 is 23.2 Å². The first-order valence-corrected chi connectivity index (χ1v) is 9.53. The number of ether oxygens (including phenoxy) is 1. The van der Waals surface area contributed by atoms with Crippen molar-refractivity contribution in [2.75, 3.05) is 12.3 Å². The first-order chi connectivity index (χ1) is 13.4. The number of pyridine rings is 1. The van der Waals surface area contributed by atoms with E-state index in [2.05, 4.69) is 15.4 Å². The lowest BCUT2D eigenvalue weighted by molar-refractivity contribution is 0.227. The van der Waals surface area contributed by atoms with Crippen LogP contribution in [-0.4, -0.2) is 21.3 Å².